The molecule has 4 aromatic rings. The van der Waals surface area contributed by atoms with E-state index in [2.05, 4.69) is 15.9 Å². The van der Waals surface area contributed by atoms with Crippen LogP contribution in [0.2, 0.25) is 10.0 Å². The second-order valence-corrected chi connectivity index (χ2v) is 13.8. The quantitative estimate of drug-likeness (QED) is 0.0678. The highest BCUT2D eigenvalue weighted by atomic mass is 79.9. The van der Waals surface area contributed by atoms with Gasteiger partial charge in [0.25, 0.3) is 10.1 Å². The molecule has 0 aliphatic carbocycles. The molecule has 4 N–H and O–H groups in total. The van der Waals surface area contributed by atoms with Gasteiger partial charge in [-0.25, -0.2) is 0 Å². The molecule has 0 amide bonds. The largest absolute Gasteiger partial charge is 0.481 e. The summed E-state index contributed by atoms with van der Waals surface area (Å²) in [6.45, 7) is 0. The first-order valence-electron chi connectivity index (χ1n) is 11.6. The Morgan fingerprint density at radius 3 is 1.93 bits per heavy atom. The van der Waals surface area contributed by atoms with Gasteiger partial charge in [-0.3, -0.25) is 9.11 Å². The number of hydrogen-bond donors (Lipinski definition) is 3. The van der Waals surface area contributed by atoms with E-state index in [0.29, 0.717) is 6.07 Å². The third kappa shape index (κ3) is 7.32. The minimum atomic E-state index is -5.32. The van der Waals surface area contributed by atoms with Gasteiger partial charge in [-0.15, -0.1) is 0 Å². The van der Waals surface area contributed by atoms with E-state index in [4.69, 9.17) is 47.3 Å². The smallest absolute Gasteiger partial charge is 0.343 e. The maximum absolute atomic E-state index is 13.6. The van der Waals surface area contributed by atoms with Crippen molar-refractivity contribution in [3.05, 3.63) is 82.8 Å². The first-order chi connectivity index (χ1) is 20.5. The van der Waals surface area contributed by atoms with Gasteiger partial charge in [0.1, 0.15) is 32.7 Å². The van der Waals surface area contributed by atoms with Crippen molar-refractivity contribution in [2.24, 2.45) is 0 Å². The molecule has 44 heavy (non-hydrogen) atoms. The number of anilines is 1. The van der Waals surface area contributed by atoms with Crippen LogP contribution in [0.4, 0.5) is 5.69 Å². The highest BCUT2D eigenvalue weighted by Crippen LogP contribution is 2.48. The fourth-order valence-corrected chi connectivity index (χ4v) is 7.16. The summed E-state index contributed by atoms with van der Waals surface area (Å²) in [5.74, 6) is -2.89. The Morgan fingerprint density at radius 2 is 1.34 bits per heavy atom. The third-order valence-electron chi connectivity index (χ3n) is 5.44. The predicted octanol–water partition coefficient (Wildman–Crippen LogP) is 6.15. The van der Waals surface area contributed by atoms with Gasteiger partial charge >= 0.3 is 20.2 Å². The molecule has 0 atom stereocenters. The van der Waals surface area contributed by atoms with Gasteiger partial charge in [-0.05, 0) is 52.3 Å². The van der Waals surface area contributed by atoms with Crippen LogP contribution in [-0.4, -0.2) is 39.9 Å². The summed E-state index contributed by atoms with van der Waals surface area (Å²) in [5, 5.41) is -0.802. The zero-order chi connectivity index (χ0) is 32.4. The molecule has 0 aromatic heterocycles. The molecule has 234 valence electrons. The number of rotatable bonds is 11. The summed E-state index contributed by atoms with van der Waals surface area (Å²) in [6.07, 6.45) is 0. The Bertz CT molecular complexity index is 2060. The Morgan fingerprint density at radius 1 is 0.727 bits per heavy atom. The molecule has 19 heteroatoms. The average Bonchev–Trinajstić information content (AvgIpc) is 2.92. The molecule has 4 aromatic carbocycles. The molecule has 0 saturated carbocycles. The summed E-state index contributed by atoms with van der Waals surface area (Å²) in [5.41, 5.74) is 4.47. The normalized spacial score (nSPS) is 12.0. The molecular weight excluding hydrogens is 753 g/mol. The van der Waals surface area contributed by atoms with Crippen LogP contribution in [0, 0.1) is 0 Å². The molecule has 0 saturated heterocycles. The van der Waals surface area contributed by atoms with Gasteiger partial charge in [0.2, 0.25) is 0 Å². The van der Waals surface area contributed by atoms with Crippen LogP contribution in [0.1, 0.15) is 0 Å². The van der Waals surface area contributed by atoms with Crippen molar-refractivity contribution in [3.63, 3.8) is 0 Å². The molecule has 4 rings (SSSR count). The number of halogens is 3. The summed E-state index contributed by atoms with van der Waals surface area (Å²) >= 11 is 15.3. The highest BCUT2D eigenvalue weighted by Gasteiger charge is 2.35. The first-order valence-corrected chi connectivity index (χ1v) is 17.7. The predicted molar refractivity (Wildman–Crippen MR) is 162 cm³/mol. The van der Waals surface area contributed by atoms with Crippen molar-refractivity contribution in [1.82, 2.24) is 0 Å². The molecule has 0 aliphatic rings. The van der Waals surface area contributed by atoms with Crippen LogP contribution >= 0.6 is 39.1 Å². The zero-order valence-electron chi connectivity index (χ0n) is 21.5. The van der Waals surface area contributed by atoms with Crippen LogP contribution in [0.25, 0.3) is 0 Å². The molecule has 0 radical (unpaired) electrons. The molecule has 0 bridgehead atoms. The van der Waals surface area contributed by atoms with E-state index < -0.39 is 78.7 Å². The fraction of sp³-hybridized carbons (Fsp3) is 0.0400. The Hall–Kier alpha value is -3.29. The van der Waals surface area contributed by atoms with Gasteiger partial charge in [-0.1, -0.05) is 53.5 Å². The summed E-state index contributed by atoms with van der Waals surface area (Å²) < 4.78 is 118. The maximum atomic E-state index is 13.6. The number of para-hydroxylation sites is 2. The van der Waals surface area contributed by atoms with Crippen LogP contribution < -0.4 is 24.1 Å². The average molecular weight is 771 g/mol. The lowest BCUT2D eigenvalue weighted by Gasteiger charge is -2.19. The van der Waals surface area contributed by atoms with Crippen molar-refractivity contribution >= 4 is 75.2 Å². The van der Waals surface area contributed by atoms with Crippen LogP contribution in [0.3, 0.4) is 0 Å². The van der Waals surface area contributed by atoms with Crippen molar-refractivity contribution in [2.75, 3.05) is 11.2 Å². The summed E-state index contributed by atoms with van der Waals surface area (Å²) in [4.78, 5) is -3.31. The summed E-state index contributed by atoms with van der Waals surface area (Å²) in [6, 6.07) is 16.0. The van der Waals surface area contributed by atoms with Crippen molar-refractivity contribution in [1.29, 1.82) is 0 Å². The second-order valence-electron chi connectivity index (χ2n) is 8.34. The number of nitrogen functional groups attached to an aromatic ring is 1. The van der Waals surface area contributed by atoms with Gasteiger partial charge in [0.15, 0.2) is 27.0 Å². The standard InChI is InChI=1S/C25H18BrCl2NO12S3/c26-13-38-19-12-20(42(30,31)32)22(29)25(21(19)28)44(36,37)41-17-10-11-18(39-14-6-2-1-3-7-14)24(43(33,34)35)23(17)40-16-9-5-4-8-15(16)27/h1-12H,13,29H2,(H,30,31,32)(H,33,34,35). The second kappa shape index (κ2) is 13.0. The molecule has 13 nitrogen and oxygen atoms in total. The van der Waals surface area contributed by atoms with E-state index >= 15 is 0 Å². The van der Waals surface area contributed by atoms with E-state index in [-0.39, 0.29) is 22.0 Å². The number of nitrogens with two attached hydrogens (primary N) is 1. The van der Waals surface area contributed by atoms with E-state index in [1.807, 2.05) is 0 Å². The van der Waals surface area contributed by atoms with Gasteiger partial charge in [-0.2, -0.15) is 25.3 Å². The molecular formula is C25H18BrCl2NO12S3. The van der Waals surface area contributed by atoms with Crippen LogP contribution in [-0.2, 0) is 30.4 Å². The lowest BCUT2D eigenvalue weighted by Crippen LogP contribution is -2.17. The first kappa shape index (κ1) is 33.6. The number of hydrogen-bond acceptors (Lipinski definition) is 11. The third-order valence-corrected chi connectivity index (χ3v) is 9.59. The van der Waals surface area contributed by atoms with Gasteiger partial charge in [0.05, 0.1) is 10.7 Å². The topological polar surface area (TPSA) is 206 Å². The number of alkyl halides is 1. The van der Waals surface area contributed by atoms with Gasteiger partial charge in [0, 0.05) is 6.07 Å². The van der Waals surface area contributed by atoms with Crippen molar-refractivity contribution in [2.45, 2.75) is 14.7 Å². The Labute approximate surface area is 269 Å². The van der Waals surface area contributed by atoms with Gasteiger partial charge < -0.3 is 24.1 Å². The molecule has 0 spiro atoms. The summed E-state index contributed by atoms with van der Waals surface area (Å²) in [7, 11) is -15.7. The number of benzene rings is 4. The molecule has 0 unspecified atom stereocenters. The van der Waals surface area contributed by atoms with Crippen LogP contribution in [0.15, 0.2) is 87.5 Å². The minimum Gasteiger partial charge on any atom is -0.481 e. The van der Waals surface area contributed by atoms with Crippen molar-refractivity contribution < 1.29 is 52.8 Å². The molecule has 0 heterocycles. The Kier molecular flexibility index (Phi) is 9.91. The minimum absolute atomic E-state index is 0.0540. The lowest BCUT2D eigenvalue weighted by molar-refractivity contribution is 0.393. The monoisotopic (exact) mass is 769 g/mol. The fourth-order valence-electron chi connectivity index (χ4n) is 3.65. The molecule has 0 aliphatic heterocycles. The zero-order valence-corrected chi connectivity index (χ0v) is 27.1. The maximum Gasteiger partial charge on any atom is 0.343 e. The van der Waals surface area contributed by atoms with Crippen LogP contribution in [0.5, 0.6) is 34.5 Å². The van der Waals surface area contributed by atoms with E-state index in [1.165, 1.54) is 36.4 Å². The van der Waals surface area contributed by atoms with E-state index in [0.717, 1.165) is 12.1 Å². The number of ether oxygens (including phenoxy) is 3. The van der Waals surface area contributed by atoms with E-state index in [1.54, 1.807) is 18.2 Å². The van der Waals surface area contributed by atoms with Crippen molar-refractivity contribution in [3.8, 4) is 34.5 Å². The lowest BCUT2D eigenvalue weighted by atomic mass is 10.2. The molecule has 0 fully saturated rings. The van der Waals surface area contributed by atoms with E-state index in [9.17, 15) is 34.4 Å². The SMILES string of the molecule is Nc1c(S(=O)(=O)O)cc(OCBr)c(Cl)c1S(=O)(=O)Oc1ccc(Oc2ccccc2)c(S(=O)(=O)O)c1Oc1ccccc1Cl. The highest BCUT2D eigenvalue weighted by molar-refractivity contribution is 9.09. The Balaban J connectivity index is 1.99.